The first-order chi connectivity index (χ1) is 8.63. The first-order valence-electron chi connectivity index (χ1n) is 6.17. The molecule has 0 aliphatic carbocycles. The minimum absolute atomic E-state index is 0.373. The normalized spacial score (nSPS) is 19.2. The number of hydrogen-bond donors (Lipinski definition) is 1. The molecule has 0 saturated carbocycles. The third-order valence-corrected chi connectivity index (χ3v) is 4.36. The molecule has 3 nitrogen and oxygen atoms in total. The van der Waals surface area contributed by atoms with Crippen molar-refractivity contribution < 1.29 is 0 Å². The Bertz CT molecular complexity index is 462. The van der Waals surface area contributed by atoms with Crippen molar-refractivity contribution in [3.8, 4) is 0 Å². The van der Waals surface area contributed by atoms with E-state index in [2.05, 4.69) is 32.7 Å². The summed E-state index contributed by atoms with van der Waals surface area (Å²) < 4.78 is 0.885. The summed E-state index contributed by atoms with van der Waals surface area (Å²) in [4.78, 5) is 6.46. The number of nitrogens with two attached hydrogens (primary N) is 1. The Labute approximate surface area is 121 Å². The number of unbranched alkanes of at least 4 members (excludes halogenated alkanes) is 1. The van der Waals surface area contributed by atoms with Crippen LogP contribution < -0.4 is 10.6 Å². The van der Waals surface area contributed by atoms with E-state index in [1.165, 1.54) is 12.8 Å². The maximum atomic E-state index is 6.02. The molecule has 98 valence electrons. The SMILES string of the molecule is CCCCC1CN=C(N)N1c1ccc(Cl)c(Br)c1. The molecule has 1 aliphatic heterocycles. The fourth-order valence-corrected chi connectivity index (χ4v) is 2.67. The fraction of sp³-hybridized carbons (Fsp3) is 0.462. The third kappa shape index (κ3) is 2.81. The highest BCUT2D eigenvalue weighted by Gasteiger charge is 2.27. The topological polar surface area (TPSA) is 41.6 Å². The maximum absolute atomic E-state index is 6.02. The smallest absolute Gasteiger partial charge is 0.196 e. The van der Waals surface area contributed by atoms with Crippen molar-refractivity contribution in [2.75, 3.05) is 11.4 Å². The van der Waals surface area contributed by atoms with Gasteiger partial charge in [0.1, 0.15) is 0 Å². The van der Waals surface area contributed by atoms with Gasteiger partial charge in [-0.2, -0.15) is 0 Å². The summed E-state index contributed by atoms with van der Waals surface area (Å²) in [5.41, 5.74) is 7.04. The molecule has 0 spiro atoms. The van der Waals surface area contributed by atoms with Crippen LogP contribution in [0.4, 0.5) is 5.69 Å². The maximum Gasteiger partial charge on any atom is 0.196 e. The van der Waals surface area contributed by atoms with Crippen LogP contribution in [0, 0.1) is 0 Å². The first-order valence-corrected chi connectivity index (χ1v) is 7.34. The summed E-state index contributed by atoms with van der Waals surface area (Å²) >= 11 is 9.46. The summed E-state index contributed by atoms with van der Waals surface area (Å²) in [5, 5.41) is 0.707. The standard InChI is InChI=1S/C13H17BrClN3/c1-2-3-4-10-8-17-13(16)18(10)9-5-6-12(15)11(14)7-9/h5-7,10H,2-4,8H2,1H3,(H2,16,17). The van der Waals surface area contributed by atoms with E-state index in [1.54, 1.807) is 0 Å². The Kier molecular flexibility index (Phi) is 4.51. The van der Waals surface area contributed by atoms with E-state index in [0.717, 1.165) is 23.1 Å². The van der Waals surface area contributed by atoms with Crippen LogP contribution in [0.1, 0.15) is 26.2 Å². The van der Waals surface area contributed by atoms with Gasteiger partial charge in [-0.05, 0) is 40.5 Å². The predicted octanol–water partition coefficient (Wildman–Crippen LogP) is 3.80. The Morgan fingerprint density at radius 1 is 1.56 bits per heavy atom. The number of nitrogens with zero attached hydrogens (tertiary/aromatic N) is 2. The minimum Gasteiger partial charge on any atom is -0.370 e. The molecule has 1 heterocycles. The van der Waals surface area contributed by atoms with Crippen LogP contribution in [0.2, 0.25) is 5.02 Å². The van der Waals surface area contributed by atoms with E-state index in [0.29, 0.717) is 17.0 Å². The molecule has 2 rings (SSSR count). The van der Waals surface area contributed by atoms with E-state index >= 15 is 0 Å². The average molecular weight is 331 g/mol. The van der Waals surface area contributed by atoms with Crippen LogP contribution in [-0.2, 0) is 0 Å². The van der Waals surface area contributed by atoms with E-state index in [9.17, 15) is 0 Å². The van der Waals surface area contributed by atoms with Crippen LogP contribution in [0.5, 0.6) is 0 Å². The number of aliphatic imine (C=N–C) groups is 1. The van der Waals surface area contributed by atoms with E-state index < -0.39 is 0 Å². The van der Waals surface area contributed by atoms with Gasteiger partial charge in [0.2, 0.25) is 0 Å². The number of guanidine groups is 1. The van der Waals surface area contributed by atoms with Gasteiger partial charge < -0.3 is 10.6 Å². The molecule has 0 aromatic heterocycles. The summed E-state index contributed by atoms with van der Waals surface area (Å²) in [5.74, 6) is 0.602. The average Bonchev–Trinajstić information content (AvgIpc) is 2.71. The van der Waals surface area contributed by atoms with Gasteiger partial charge in [-0.15, -0.1) is 0 Å². The molecule has 1 aromatic carbocycles. The monoisotopic (exact) mass is 329 g/mol. The molecule has 1 atom stereocenters. The Morgan fingerprint density at radius 2 is 2.33 bits per heavy atom. The number of halogens is 2. The molecule has 0 amide bonds. The van der Waals surface area contributed by atoms with Gasteiger partial charge in [0.05, 0.1) is 17.6 Å². The van der Waals surface area contributed by atoms with Gasteiger partial charge in [-0.1, -0.05) is 31.4 Å². The molecular formula is C13H17BrClN3. The lowest BCUT2D eigenvalue weighted by molar-refractivity contribution is 0.600. The number of hydrogen-bond acceptors (Lipinski definition) is 3. The third-order valence-electron chi connectivity index (χ3n) is 3.15. The second kappa shape index (κ2) is 5.93. The molecule has 0 radical (unpaired) electrons. The van der Waals surface area contributed by atoms with E-state index in [1.807, 2.05) is 18.2 Å². The highest BCUT2D eigenvalue weighted by molar-refractivity contribution is 9.10. The summed E-state index contributed by atoms with van der Waals surface area (Å²) in [6, 6.07) is 6.23. The first kappa shape index (κ1) is 13.7. The summed E-state index contributed by atoms with van der Waals surface area (Å²) in [6.07, 6.45) is 3.49. The zero-order valence-corrected chi connectivity index (χ0v) is 12.7. The van der Waals surface area contributed by atoms with Crippen LogP contribution >= 0.6 is 27.5 Å². The molecular weight excluding hydrogens is 314 g/mol. The number of anilines is 1. The molecule has 5 heteroatoms. The zero-order chi connectivity index (χ0) is 13.1. The van der Waals surface area contributed by atoms with Crippen molar-refractivity contribution in [1.82, 2.24) is 0 Å². The molecule has 0 bridgehead atoms. The summed E-state index contributed by atoms with van der Waals surface area (Å²) in [6.45, 7) is 2.98. The van der Waals surface area contributed by atoms with Crippen LogP contribution in [-0.4, -0.2) is 18.5 Å². The largest absolute Gasteiger partial charge is 0.370 e. The highest BCUT2D eigenvalue weighted by Crippen LogP contribution is 2.30. The lowest BCUT2D eigenvalue weighted by atomic mass is 10.1. The molecule has 0 fully saturated rings. The van der Waals surface area contributed by atoms with Crippen LogP contribution in [0.3, 0.4) is 0 Å². The van der Waals surface area contributed by atoms with Crippen molar-refractivity contribution in [2.24, 2.45) is 10.7 Å². The van der Waals surface area contributed by atoms with Crippen molar-refractivity contribution in [3.05, 3.63) is 27.7 Å². The van der Waals surface area contributed by atoms with E-state index in [4.69, 9.17) is 17.3 Å². The van der Waals surface area contributed by atoms with Crippen molar-refractivity contribution in [1.29, 1.82) is 0 Å². The zero-order valence-electron chi connectivity index (χ0n) is 10.4. The number of rotatable bonds is 4. The quantitative estimate of drug-likeness (QED) is 0.912. The molecule has 1 aromatic rings. The second-order valence-electron chi connectivity index (χ2n) is 4.46. The van der Waals surface area contributed by atoms with Gasteiger partial charge in [0.15, 0.2) is 5.96 Å². The summed E-state index contributed by atoms with van der Waals surface area (Å²) in [7, 11) is 0. The lowest BCUT2D eigenvalue weighted by Crippen LogP contribution is -2.40. The molecule has 1 aliphatic rings. The van der Waals surface area contributed by atoms with Gasteiger partial charge >= 0.3 is 0 Å². The Hall–Kier alpha value is -0.740. The second-order valence-corrected chi connectivity index (χ2v) is 5.72. The van der Waals surface area contributed by atoms with Gasteiger partial charge in [0.25, 0.3) is 0 Å². The fourth-order valence-electron chi connectivity index (χ4n) is 2.18. The lowest BCUT2D eigenvalue weighted by Gasteiger charge is -2.26. The van der Waals surface area contributed by atoms with E-state index in [-0.39, 0.29) is 0 Å². The predicted molar refractivity (Wildman–Crippen MR) is 81.4 cm³/mol. The molecule has 0 saturated heterocycles. The minimum atomic E-state index is 0.373. The number of benzene rings is 1. The van der Waals surface area contributed by atoms with Gasteiger partial charge in [-0.3, -0.25) is 4.99 Å². The van der Waals surface area contributed by atoms with Crippen LogP contribution in [0.15, 0.2) is 27.7 Å². The molecule has 18 heavy (non-hydrogen) atoms. The van der Waals surface area contributed by atoms with Crippen molar-refractivity contribution in [3.63, 3.8) is 0 Å². The highest BCUT2D eigenvalue weighted by atomic mass is 79.9. The van der Waals surface area contributed by atoms with Crippen LogP contribution in [0.25, 0.3) is 0 Å². The van der Waals surface area contributed by atoms with Crippen molar-refractivity contribution >= 4 is 39.2 Å². The molecule has 1 unspecified atom stereocenters. The van der Waals surface area contributed by atoms with Crippen molar-refractivity contribution in [2.45, 2.75) is 32.2 Å². The van der Waals surface area contributed by atoms with Gasteiger partial charge in [0, 0.05) is 10.2 Å². The van der Waals surface area contributed by atoms with Gasteiger partial charge in [-0.25, -0.2) is 0 Å². The Balaban J connectivity index is 2.22. The Morgan fingerprint density at radius 3 is 3.00 bits per heavy atom. The molecule has 2 N–H and O–H groups in total.